The lowest BCUT2D eigenvalue weighted by molar-refractivity contribution is 0.171. The van der Waals surface area contributed by atoms with E-state index in [-0.39, 0.29) is 10.8 Å². The predicted molar refractivity (Wildman–Crippen MR) is 70.7 cm³/mol. The Balaban J connectivity index is 2.22. The van der Waals surface area contributed by atoms with Crippen LogP contribution in [0.15, 0.2) is 12.3 Å². The number of aryl methyl sites for hydroxylation is 1. The van der Waals surface area contributed by atoms with Gasteiger partial charge in [-0.05, 0) is 6.07 Å². The molecule has 3 N–H and O–H groups in total. The van der Waals surface area contributed by atoms with E-state index in [1.165, 1.54) is 4.68 Å². The van der Waals surface area contributed by atoms with E-state index in [1.54, 1.807) is 19.3 Å². The Bertz CT molecular complexity index is 654. The first-order valence-corrected chi connectivity index (χ1v) is 6.06. The van der Waals surface area contributed by atoms with E-state index in [4.69, 9.17) is 26.8 Å². The summed E-state index contributed by atoms with van der Waals surface area (Å²) in [6, 6.07) is 1.66. The predicted octanol–water partition coefficient (Wildman–Crippen LogP) is 1.80. The molecule has 7 heteroatoms. The van der Waals surface area contributed by atoms with E-state index in [2.05, 4.69) is 5.10 Å². The van der Waals surface area contributed by atoms with Crippen molar-refractivity contribution in [2.45, 2.75) is 0 Å². The van der Waals surface area contributed by atoms with E-state index in [1.807, 2.05) is 0 Å². The summed E-state index contributed by atoms with van der Waals surface area (Å²) in [5.74, 6) is 1.19. The van der Waals surface area contributed by atoms with Gasteiger partial charge in [-0.25, -0.2) is 0 Å². The summed E-state index contributed by atoms with van der Waals surface area (Å²) in [4.78, 5) is 0. The molecule has 0 amide bonds. The molecular weight excluding hydrogens is 270 g/mol. The second-order valence-electron chi connectivity index (χ2n) is 4.18. The van der Waals surface area contributed by atoms with Gasteiger partial charge in [0.1, 0.15) is 29.8 Å². The molecule has 1 aromatic carbocycles. The SMILES string of the molecule is Cn1ncc(-c2cc3c(c(Cl)c2O)OCCO3)c1N. The first kappa shape index (κ1) is 12.0. The molecule has 6 nitrogen and oxygen atoms in total. The lowest BCUT2D eigenvalue weighted by Gasteiger charge is -2.21. The lowest BCUT2D eigenvalue weighted by Crippen LogP contribution is -2.15. The first-order valence-electron chi connectivity index (χ1n) is 5.68. The fourth-order valence-electron chi connectivity index (χ4n) is 2.00. The third kappa shape index (κ3) is 1.76. The maximum absolute atomic E-state index is 10.2. The number of nitrogens with two attached hydrogens (primary N) is 1. The van der Waals surface area contributed by atoms with Gasteiger partial charge in [-0.3, -0.25) is 4.68 Å². The molecule has 0 atom stereocenters. The number of hydrogen-bond acceptors (Lipinski definition) is 5. The van der Waals surface area contributed by atoms with Crippen molar-refractivity contribution in [3.8, 4) is 28.4 Å². The van der Waals surface area contributed by atoms with Crippen molar-refractivity contribution in [2.75, 3.05) is 18.9 Å². The summed E-state index contributed by atoms with van der Waals surface area (Å²) >= 11 is 6.10. The van der Waals surface area contributed by atoms with E-state index < -0.39 is 0 Å². The molecule has 100 valence electrons. The zero-order chi connectivity index (χ0) is 13.6. The Kier molecular flexibility index (Phi) is 2.67. The number of nitrogens with zero attached hydrogens (tertiary/aromatic N) is 2. The van der Waals surface area contributed by atoms with Gasteiger partial charge >= 0.3 is 0 Å². The minimum absolute atomic E-state index is 0.0920. The summed E-state index contributed by atoms with van der Waals surface area (Å²) in [6.45, 7) is 0.844. The number of hydrogen-bond donors (Lipinski definition) is 2. The van der Waals surface area contributed by atoms with Crippen molar-refractivity contribution < 1.29 is 14.6 Å². The molecule has 3 rings (SSSR count). The first-order chi connectivity index (χ1) is 9.09. The van der Waals surface area contributed by atoms with Crippen LogP contribution in [0.3, 0.4) is 0 Å². The van der Waals surface area contributed by atoms with Crippen LogP contribution in [0.5, 0.6) is 17.2 Å². The highest BCUT2D eigenvalue weighted by atomic mass is 35.5. The van der Waals surface area contributed by atoms with Crippen LogP contribution in [0.4, 0.5) is 5.82 Å². The van der Waals surface area contributed by atoms with Crippen LogP contribution in [0.1, 0.15) is 0 Å². The van der Waals surface area contributed by atoms with Gasteiger partial charge in [0, 0.05) is 18.2 Å². The van der Waals surface area contributed by atoms with Crippen molar-refractivity contribution in [3.05, 3.63) is 17.3 Å². The molecule has 0 radical (unpaired) electrons. The second kappa shape index (κ2) is 4.24. The maximum atomic E-state index is 10.2. The largest absolute Gasteiger partial charge is 0.506 e. The van der Waals surface area contributed by atoms with Crippen molar-refractivity contribution in [1.29, 1.82) is 0 Å². The van der Waals surface area contributed by atoms with Gasteiger partial charge in [-0.1, -0.05) is 11.6 Å². The number of ether oxygens (including phenoxy) is 2. The van der Waals surface area contributed by atoms with Gasteiger partial charge in [-0.2, -0.15) is 5.10 Å². The minimum Gasteiger partial charge on any atom is -0.506 e. The molecule has 19 heavy (non-hydrogen) atoms. The molecule has 0 saturated carbocycles. The number of nitrogen functional groups attached to an aromatic ring is 1. The van der Waals surface area contributed by atoms with E-state index >= 15 is 0 Å². The monoisotopic (exact) mass is 281 g/mol. The van der Waals surface area contributed by atoms with Gasteiger partial charge in [-0.15, -0.1) is 0 Å². The highest BCUT2D eigenvalue weighted by molar-refractivity contribution is 6.34. The van der Waals surface area contributed by atoms with Crippen molar-refractivity contribution in [3.63, 3.8) is 0 Å². The molecule has 0 unspecified atom stereocenters. The number of phenols is 1. The highest BCUT2D eigenvalue weighted by Gasteiger charge is 2.24. The second-order valence-corrected chi connectivity index (χ2v) is 4.56. The number of fused-ring (bicyclic) bond motifs is 1. The number of rotatable bonds is 1. The highest BCUT2D eigenvalue weighted by Crippen LogP contribution is 2.49. The lowest BCUT2D eigenvalue weighted by atomic mass is 10.1. The smallest absolute Gasteiger partial charge is 0.183 e. The summed E-state index contributed by atoms with van der Waals surface area (Å²) in [5.41, 5.74) is 6.97. The summed E-state index contributed by atoms with van der Waals surface area (Å²) in [6.07, 6.45) is 1.57. The number of aromatic nitrogens is 2. The molecule has 2 heterocycles. The van der Waals surface area contributed by atoms with Gasteiger partial charge in [0.05, 0.1) is 6.20 Å². The fourth-order valence-corrected chi connectivity index (χ4v) is 2.25. The van der Waals surface area contributed by atoms with Crippen molar-refractivity contribution in [2.24, 2.45) is 7.05 Å². The molecule has 1 aromatic heterocycles. The topological polar surface area (TPSA) is 82.5 Å². The van der Waals surface area contributed by atoms with Crippen LogP contribution in [0.25, 0.3) is 11.1 Å². The van der Waals surface area contributed by atoms with E-state index in [9.17, 15) is 5.11 Å². The van der Waals surface area contributed by atoms with Crippen LogP contribution in [0, 0.1) is 0 Å². The number of aromatic hydroxyl groups is 1. The Morgan fingerprint density at radius 1 is 1.37 bits per heavy atom. The third-order valence-electron chi connectivity index (χ3n) is 3.02. The number of halogens is 1. The molecule has 0 saturated heterocycles. The Morgan fingerprint density at radius 3 is 2.79 bits per heavy atom. The molecule has 0 aliphatic carbocycles. The van der Waals surface area contributed by atoms with Crippen LogP contribution in [-0.2, 0) is 7.05 Å². The van der Waals surface area contributed by atoms with Gasteiger partial charge in [0.15, 0.2) is 11.5 Å². The average molecular weight is 282 g/mol. The van der Waals surface area contributed by atoms with Crippen LogP contribution in [0.2, 0.25) is 5.02 Å². The number of benzene rings is 1. The van der Waals surface area contributed by atoms with Crippen LogP contribution in [-0.4, -0.2) is 28.1 Å². The molecule has 2 aromatic rings. The minimum atomic E-state index is -0.0920. The molecule has 0 spiro atoms. The zero-order valence-corrected chi connectivity index (χ0v) is 10.9. The molecule has 0 fully saturated rings. The van der Waals surface area contributed by atoms with E-state index in [0.717, 1.165) is 0 Å². The number of anilines is 1. The Hall–Kier alpha value is -2.08. The summed E-state index contributed by atoms with van der Waals surface area (Å²) < 4.78 is 12.4. The number of phenolic OH excluding ortho intramolecular Hbond substituents is 1. The Labute approximate surface area is 114 Å². The standard InChI is InChI=1S/C12H12ClN3O3/c1-16-12(14)7(5-15-16)6-4-8-11(9(13)10(6)17)19-3-2-18-8/h4-5,17H,2-3,14H2,1H3. The molecule has 1 aliphatic rings. The Morgan fingerprint density at radius 2 is 2.11 bits per heavy atom. The molecular formula is C12H12ClN3O3. The molecule has 0 bridgehead atoms. The normalized spacial score (nSPS) is 13.6. The molecule has 1 aliphatic heterocycles. The summed E-state index contributed by atoms with van der Waals surface area (Å²) in [5, 5.41) is 14.3. The fraction of sp³-hybridized carbons (Fsp3) is 0.250. The van der Waals surface area contributed by atoms with Gasteiger partial charge < -0.3 is 20.3 Å². The maximum Gasteiger partial charge on any atom is 0.183 e. The quantitative estimate of drug-likeness (QED) is 0.833. The van der Waals surface area contributed by atoms with Crippen molar-refractivity contribution in [1.82, 2.24) is 9.78 Å². The van der Waals surface area contributed by atoms with Crippen LogP contribution < -0.4 is 15.2 Å². The average Bonchev–Trinajstić information content (AvgIpc) is 2.75. The van der Waals surface area contributed by atoms with E-state index in [0.29, 0.717) is 41.7 Å². The third-order valence-corrected chi connectivity index (χ3v) is 3.37. The van der Waals surface area contributed by atoms with Crippen molar-refractivity contribution >= 4 is 17.4 Å². The zero-order valence-electron chi connectivity index (χ0n) is 10.2. The van der Waals surface area contributed by atoms with Crippen LogP contribution >= 0.6 is 11.6 Å². The van der Waals surface area contributed by atoms with Gasteiger partial charge in [0.25, 0.3) is 0 Å². The van der Waals surface area contributed by atoms with Gasteiger partial charge in [0.2, 0.25) is 0 Å². The summed E-state index contributed by atoms with van der Waals surface area (Å²) in [7, 11) is 1.72.